The van der Waals surface area contributed by atoms with E-state index in [4.69, 9.17) is 4.42 Å². The van der Waals surface area contributed by atoms with Crippen molar-refractivity contribution in [2.24, 2.45) is 0 Å². The van der Waals surface area contributed by atoms with Crippen LogP contribution in [0.3, 0.4) is 0 Å². The van der Waals surface area contributed by atoms with Crippen LogP contribution < -0.4 is 4.90 Å². The molecule has 0 spiro atoms. The summed E-state index contributed by atoms with van der Waals surface area (Å²) >= 11 is 0. The highest BCUT2D eigenvalue weighted by molar-refractivity contribution is 6.11. The van der Waals surface area contributed by atoms with E-state index >= 15 is 0 Å². The van der Waals surface area contributed by atoms with Crippen LogP contribution in [0.4, 0.5) is 17.1 Å². The van der Waals surface area contributed by atoms with Crippen molar-refractivity contribution in [3.8, 4) is 22.3 Å². The van der Waals surface area contributed by atoms with Gasteiger partial charge < -0.3 is 9.32 Å². The SMILES string of the molecule is CC1(C)c2ccccc2-c2c1cc1ccccc1c2N(c1ccc2c(c1)C(C)(C)C(C)(C)c1ccccc1-2)c1ccc2c(c1)oc1ccccc12. The molecule has 0 amide bonds. The van der Waals surface area contributed by atoms with Crippen molar-refractivity contribution in [2.75, 3.05) is 4.90 Å². The Morgan fingerprint density at radius 1 is 0.431 bits per heavy atom. The second-order valence-corrected chi connectivity index (χ2v) is 16.2. The molecule has 0 unspecified atom stereocenters. The van der Waals surface area contributed by atoms with Gasteiger partial charge in [0.2, 0.25) is 0 Å². The van der Waals surface area contributed by atoms with Gasteiger partial charge in [0.1, 0.15) is 11.2 Å². The highest BCUT2D eigenvalue weighted by atomic mass is 16.3. The van der Waals surface area contributed by atoms with Crippen molar-refractivity contribution in [2.45, 2.75) is 57.8 Å². The molecule has 2 nitrogen and oxygen atoms in total. The van der Waals surface area contributed by atoms with Gasteiger partial charge in [-0.15, -0.1) is 0 Å². The summed E-state index contributed by atoms with van der Waals surface area (Å²) in [5.41, 5.74) is 15.7. The Labute approximate surface area is 300 Å². The summed E-state index contributed by atoms with van der Waals surface area (Å²) in [6.45, 7) is 14.4. The molecule has 0 saturated heterocycles. The number of nitrogens with zero attached hydrogens (tertiary/aromatic N) is 1. The van der Waals surface area contributed by atoms with E-state index < -0.39 is 0 Å². The van der Waals surface area contributed by atoms with Crippen LogP contribution >= 0.6 is 0 Å². The minimum atomic E-state index is -0.148. The smallest absolute Gasteiger partial charge is 0.137 e. The Balaban J connectivity index is 1.32. The maximum Gasteiger partial charge on any atom is 0.137 e. The Morgan fingerprint density at radius 2 is 1.02 bits per heavy atom. The number of para-hydroxylation sites is 1. The van der Waals surface area contributed by atoms with Crippen molar-refractivity contribution in [3.05, 3.63) is 162 Å². The first-order chi connectivity index (χ1) is 24.6. The second kappa shape index (κ2) is 10.2. The van der Waals surface area contributed by atoms with Crippen LogP contribution in [-0.2, 0) is 16.2 Å². The molecule has 1 heterocycles. The average molecular weight is 660 g/mol. The fraction of sp³-hybridized carbons (Fsp3) is 0.184. The molecule has 248 valence electrons. The first-order valence-electron chi connectivity index (χ1n) is 18.2. The second-order valence-electron chi connectivity index (χ2n) is 16.2. The summed E-state index contributed by atoms with van der Waals surface area (Å²) in [6.07, 6.45) is 0. The molecular formula is C49H41NO. The Kier molecular flexibility index (Phi) is 6.07. The summed E-state index contributed by atoms with van der Waals surface area (Å²) in [6, 6.07) is 51.7. The van der Waals surface area contributed by atoms with E-state index in [0.29, 0.717) is 0 Å². The van der Waals surface area contributed by atoms with Gasteiger partial charge in [0.25, 0.3) is 0 Å². The van der Waals surface area contributed by atoms with E-state index in [1.54, 1.807) is 0 Å². The summed E-state index contributed by atoms with van der Waals surface area (Å²) in [5, 5.41) is 4.75. The summed E-state index contributed by atoms with van der Waals surface area (Å²) in [7, 11) is 0. The molecule has 0 N–H and O–H groups in total. The van der Waals surface area contributed by atoms with E-state index in [9.17, 15) is 0 Å². The van der Waals surface area contributed by atoms with Crippen molar-refractivity contribution >= 4 is 49.8 Å². The van der Waals surface area contributed by atoms with E-state index in [1.165, 1.54) is 61.0 Å². The molecular weight excluding hydrogens is 619 g/mol. The molecule has 0 bridgehead atoms. The van der Waals surface area contributed by atoms with Crippen LogP contribution in [-0.4, -0.2) is 0 Å². The lowest BCUT2D eigenvalue weighted by atomic mass is 9.55. The highest BCUT2D eigenvalue weighted by Crippen LogP contribution is 2.59. The fourth-order valence-corrected chi connectivity index (χ4v) is 9.34. The van der Waals surface area contributed by atoms with Gasteiger partial charge in [-0.25, -0.2) is 0 Å². The van der Waals surface area contributed by atoms with E-state index in [-0.39, 0.29) is 16.2 Å². The van der Waals surface area contributed by atoms with Gasteiger partial charge in [-0.3, -0.25) is 0 Å². The third kappa shape index (κ3) is 3.99. The zero-order chi connectivity index (χ0) is 34.9. The van der Waals surface area contributed by atoms with Crippen LogP contribution in [0.2, 0.25) is 0 Å². The normalized spacial score (nSPS) is 16.1. The number of furan rings is 1. The summed E-state index contributed by atoms with van der Waals surface area (Å²) in [5.74, 6) is 0. The van der Waals surface area contributed by atoms with E-state index in [0.717, 1.165) is 33.3 Å². The number of hydrogen-bond acceptors (Lipinski definition) is 2. The van der Waals surface area contributed by atoms with Crippen LogP contribution in [0.25, 0.3) is 55.0 Å². The molecule has 7 aromatic carbocycles. The minimum Gasteiger partial charge on any atom is -0.456 e. The lowest BCUT2D eigenvalue weighted by Crippen LogP contribution is -2.43. The first-order valence-corrected chi connectivity index (χ1v) is 18.2. The lowest BCUT2D eigenvalue weighted by molar-refractivity contribution is 0.299. The van der Waals surface area contributed by atoms with Gasteiger partial charge in [-0.2, -0.15) is 0 Å². The zero-order valence-electron chi connectivity index (χ0n) is 30.1. The third-order valence-corrected chi connectivity index (χ3v) is 12.8. The van der Waals surface area contributed by atoms with Crippen LogP contribution in [0.1, 0.15) is 63.8 Å². The monoisotopic (exact) mass is 659 g/mol. The molecule has 0 aliphatic heterocycles. The molecule has 51 heavy (non-hydrogen) atoms. The standard InChI is InChI=1S/C49H41NO/c1-47(2)39-20-12-10-19-38(39)45-42(47)27-30-15-7-8-16-33(30)46(45)50(32-24-26-37-36-18-11-14-22-43(36)51-44(37)29-32)31-23-25-35-34-17-9-13-21-40(34)48(3,4)49(5,6)41(35)28-31/h7-29H,1-6H3. The summed E-state index contributed by atoms with van der Waals surface area (Å²) < 4.78 is 6.55. The van der Waals surface area contributed by atoms with Crippen molar-refractivity contribution in [1.82, 2.24) is 0 Å². The Morgan fingerprint density at radius 3 is 1.84 bits per heavy atom. The lowest BCUT2D eigenvalue weighted by Gasteiger charge is -2.48. The van der Waals surface area contributed by atoms with Crippen LogP contribution in [0.15, 0.2) is 144 Å². The molecule has 10 rings (SSSR count). The zero-order valence-corrected chi connectivity index (χ0v) is 30.1. The predicted octanol–water partition coefficient (Wildman–Crippen LogP) is 13.8. The summed E-state index contributed by atoms with van der Waals surface area (Å²) in [4.78, 5) is 2.52. The van der Waals surface area contributed by atoms with E-state index in [1.807, 2.05) is 6.07 Å². The van der Waals surface area contributed by atoms with Gasteiger partial charge in [0, 0.05) is 44.6 Å². The molecule has 2 heteroatoms. The average Bonchev–Trinajstić information content (AvgIpc) is 3.62. The van der Waals surface area contributed by atoms with Gasteiger partial charge in [-0.1, -0.05) is 139 Å². The van der Waals surface area contributed by atoms with Crippen molar-refractivity contribution in [1.29, 1.82) is 0 Å². The Bertz CT molecular complexity index is 2740. The highest BCUT2D eigenvalue weighted by Gasteiger charge is 2.46. The quantitative estimate of drug-likeness (QED) is 0.188. The number of fused-ring (bicyclic) bond motifs is 10. The number of hydrogen-bond donors (Lipinski definition) is 0. The number of benzene rings is 7. The predicted molar refractivity (Wildman–Crippen MR) is 215 cm³/mol. The van der Waals surface area contributed by atoms with E-state index in [2.05, 4.69) is 180 Å². The van der Waals surface area contributed by atoms with Crippen LogP contribution in [0, 0.1) is 0 Å². The Hall–Kier alpha value is -5.60. The minimum absolute atomic E-state index is 0.0725. The molecule has 1 aromatic heterocycles. The molecule has 8 aromatic rings. The molecule has 2 aliphatic carbocycles. The van der Waals surface area contributed by atoms with Crippen molar-refractivity contribution < 1.29 is 4.42 Å². The topological polar surface area (TPSA) is 16.4 Å². The van der Waals surface area contributed by atoms with Crippen molar-refractivity contribution in [3.63, 3.8) is 0 Å². The largest absolute Gasteiger partial charge is 0.456 e. The van der Waals surface area contributed by atoms with Gasteiger partial charge in [0.15, 0.2) is 0 Å². The molecule has 0 atom stereocenters. The van der Waals surface area contributed by atoms with Gasteiger partial charge in [0.05, 0.1) is 5.69 Å². The maximum atomic E-state index is 6.55. The van der Waals surface area contributed by atoms with Crippen LogP contribution in [0.5, 0.6) is 0 Å². The third-order valence-electron chi connectivity index (χ3n) is 12.8. The molecule has 0 fully saturated rings. The molecule has 0 saturated carbocycles. The fourth-order valence-electron chi connectivity index (χ4n) is 9.34. The number of rotatable bonds is 3. The van der Waals surface area contributed by atoms with Gasteiger partial charge in [-0.05, 0) is 91.6 Å². The first kappa shape index (κ1) is 30.2. The van der Waals surface area contributed by atoms with Gasteiger partial charge >= 0.3 is 0 Å². The number of anilines is 3. The molecule has 2 aliphatic rings. The molecule has 0 radical (unpaired) electrons. The maximum absolute atomic E-state index is 6.55.